The number of aromatic hydroxyl groups is 1. The van der Waals surface area contributed by atoms with E-state index in [1.54, 1.807) is 57.7 Å². The Morgan fingerprint density at radius 2 is 1.70 bits per heavy atom. The van der Waals surface area contributed by atoms with Crippen molar-refractivity contribution in [3.8, 4) is 23.0 Å². The van der Waals surface area contributed by atoms with E-state index in [1.807, 2.05) is 0 Å². The second-order valence-corrected chi connectivity index (χ2v) is 6.05. The van der Waals surface area contributed by atoms with Gasteiger partial charge in [0.15, 0.2) is 0 Å². The maximum absolute atomic E-state index is 12.8. The lowest BCUT2D eigenvalue weighted by Gasteiger charge is -2.17. The molecule has 1 amide bonds. The van der Waals surface area contributed by atoms with Crippen molar-refractivity contribution in [3.63, 3.8) is 0 Å². The van der Waals surface area contributed by atoms with Crippen LogP contribution in [0.1, 0.15) is 17.5 Å². The molecule has 27 heavy (non-hydrogen) atoms. The molecule has 1 heterocycles. The molecule has 1 aliphatic rings. The van der Waals surface area contributed by atoms with Crippen molar-refractivity contribution in [1.29, 1.82) is 0 Å². The van der Waals surface area contributed by atoms with Gasteiger partial charge >= 0.3 is 0 Å². The van der Waals surface area contributed by atoms with E-state index in [-0.39, 0.29) is 18.1 Å². The van der Waals surface area contributed by atoms with Crippen LogP contribution in [0.4, 0.5) is 0 Å². The molecule has 0 spiro atoms. The van der Waals surface area contributed by atoms with Gasteiger partial charge in [-0.25, -0.2) is 5.01 Å². The molecule has 7 heteroatoms. The highest BCUT2D eigenvalue weighted by molar-refractivity contribution is 6.02. The molecule has 0 atom stereocenters. The van der Waals surface area contributed by atoms with Crippen LogP contribution in [-0.2, 0) is 11.2 Å². The number of amides is 1. The van der Waals surface area contributed by atoms with Crippen molar-refractivity contribution in [3.05, 3.63) is 47.5 Å². The van der Waals surface area contributed by atoms with Crippen LogP contribution in [0, 0.1) is 0 Å². The Hall–Kier alpha value is -3.22. The standard InChI is InChI=1S/C20H22N2O5/c1-25-15-10-18(26-2)16(19(11-15)27-3)12-20(24)22-9-8-17(21-22)13-4-6-14(23)7-5-13/h4-7,10-11,23H,8-9,12H2,1-3H3. The highest BCUT2D eigenvalue weighted by Gasteiger charge is 2.24. The fourth-order valence-corrected chi connectivity index (χ4v) is 2.99. The fourth-order valence-electron chi connectivity index (χ4n) is 2.99. The van der Waals surface area contributed by atoms with Crippen LogP contribution in [0.5, 0.6) is 23.0 Å². The van der Waals surface area contributed by atoms with Crippen LogP contribution in [-0.4, -0.2) is 49.6 Å². The summed E-state index contributed by atoms with van der Waals surface area (Å²) in [4.78, 5) is 12.8. The van der Waals surface area contributed by atoms with Crippen molar-refractivity contribution in [2.24, 2.45) is 5.10 Å². The Balaban J connectivity index is 1.81. The van der Waals surface area contributed by atoms with Gasteiger partial charge in [0.05, 0.1) is 40.0 Å². The number of hydrogen-bond donors (Lipinski definition) is 1. The van der Waals surface area contributed by atoms with Crippen molar-refractivity contribution < 1.29 is 24.1 Å². The first kappa shape index (κ1) is 18.6. The molecular formula is C20H22N2O5. The summed E-state index contributed by atoms with van der Waals surface area (Å²) in [7, 11) is 4.64. The Labute approximate surface area is 157 Å². The zero-order valence-corrected chi connectivity index (χ0v) is 15.6. The van der Waals surface area contributed by atoms with Gasteiger partial charge in [-0.15, -0.1) is 0 Å². The van der Waals surface area contributed by atoms with E-state index in [4.69, 9.17) is 14.2 Å². The smallest absolute Gasteiger partial charge is 0.247 e. The third-order valence-corrected chi connectivity index (χ3v) is 4.44. The van der Waals surface area contributed by atoms with Gasteiger partial charge in [-0.2, -0.15) is 5.10 Å². The minimum absolute atomic E-state index is 0.0999. The molecule has 3 rings (SSSR count). The van der Waals surface area contributed by atoms with Gasteiger partial charge in [-0.1, -0.05) is 0 Å². The number of hydrogen-bond acceptors (Lipinski definition) is 6. The fraction of sp³-hybridized carbons (Fsp3) is 0.300. The van der Waals surface area contributed by atoms with Gasteiger partial charge in [0.2, 0.25) is 5.91 Å². The van der Waals surface area contributed by atoms with Crippen molar-refractivity contribution in [2.75, 3.05) is 27.9 Å². The summed E-state index contributed by atoms with van der Waals surface area (Å²) < 4.78 is 16.0. The quantitative estimate of drug-likeness (QED) is 0.845. The molecule has 2 aromatic rings. The van der Waals surface area contributed by atoms with Crippen LogP contribution < -0.4 is 14.2 Å². The minimum atomic E-state index is -0.148. The number of carbonyl (C=O) groups excluding carboxylic acids is 1. The normalized spacial score (nSPS) is 13.3. The molecule has 142 valence electrons. The van der Waals surface area contributed by atoms with Crippen LogP contribution >= 0.6 is 0 Å². The predicted octanol–water partition coefficient (Wildman–Crippen LogP) is 2.60. The molecular weight excluding hydrogens is 348 g/mol. The number of methoxy groups -OCH3 is 3. The lowest BCUT2D eigenvalue weighted by molar-refractivity contribution is -0.130. The summed E-state index contributed by atoms with van der Waals surface area (Å²) >= 11 is 0. The van der Waals surface area contributed by atoms with Gasteiger partial charge in [0, 0.05) is 24.1 Å². The van der Waals surface area contributed by atoms with Crippen molar-refractivity contribution in [2.45, 2.75) is 12.8 Å². The minimum Gasteiger partial charge on any atom is -0.508 e. The van der Waals surface area contributed by atoms with Crippen LogP contribution in [0.3, 0.4) is 0 Å². The molecule has 0 aromatic heterocycles. The van der Waals surface area contributed by atoms with Crippen molar-refractivity contribution in [1.82, 2.24) is 5.01 Å². The molecule has 0 saturated carbocycles. The Morgan fingerprint density at radius 1 is 1.07 bits per heavy atom. The van der Waals surface area contributed by atoms with Crippen LogP contribution in [0.25, 0.3) is 0 Å². The molecule has 1 N–H and O–H groups in total. The number of carbonyl (C=O) groups is 1. The van der Waals surface area contributed by atoms with E-state index in [0.717, 1.165) is 11.3 Å². The highest BCUT2D eigenvalue weighted by Crippen LogP contribution is 2.35. The first-order valence-corrected chi connectivity index (χ1v) is 8.52. The second kappa shape index (κ2) is 7.99. The predicted molar refractivity (Wildman–Crippen MR) is 101 cm³/mol. The molecule has 2 aromatic carbocycles. The lowest BCUT2D eigenvalue weighted by Crippen LogP contribution is -2.25. The molecule has 7 nitrogen and oxygen atoms in total. The van der Waals surface area contributed by atoms with E-state index in [1.165, 1.54) is 5.01 Å². The first-order valence-electron chi connectivity index (χ1n) is 8.52. The lowest BCUT2D eigenvalue weighted by atomic mass is 10.1. The number of nitrogens with zero attached hydrogens (tertiary/aromatic N) is 2. The summed E-state index contributed by atoms with van der Waals surface area (Å²) in [5, 5.41) is 15.3. The van der Waals surface area contributed by atoms with E-state index in [2.05, 4.69) is 5.10 Å². The van der Waals surface area contributed by atoms with Crippen LogP contribution in [0.2, 0.25) is 0 Å². The number of benzene rings is 2. The van der Waals surface area contributed by atoms with Gasteiger partial charge in [-0.3, -0.25) is 4.79 Å². The Bertz CT molecular complexity index is 836. The van der Waals surface area contributed by atoms with Gasteiger partial charge < -0.3 is 19.3 Å². The number of ether oxygens (including phenoxy) is 3. The summed E-state index contributed by atoms with van der Waals surface area (Å²) in [6, 6.07) is 10.2. The summed E-state index contributed by atoms with van der Waals surface area (Å²) in [5.41, 5.74) is 2.36. The molecule has 0 unspecified atom stereocenters. The third-order valence-electron chi connectivity index (χ3n) is 4.44. The zero-order valence-electron chi connectivity index (χ0n) is 15.6. The number of phenols is 1. The molecule has 0 aliphatic carbocycles. The monoisotopic (exact) mass is 370 g/mol. The SMILES string of the molecule is COc1cc(OC)c(CC(=O)N2CCC(c3ccc(O)cc3)=N2)c(OC)c1. The zero-order chi connectivity index (χ0) is 19.4. The molecule has 0 saturated heterocycles. The van der Waals surface area contributed by atoms with E-state index in [0.29, 0.717) is 35.8 Å². The Kier molecular flexibility index (Phi) is 5.49. The molecule has 1 aliphatic heterocycles. The topological polar surface area (TPSA) is 80.6 Å². The summed E-state index contributed by atoms with van der Waals surface area (Å²) in [6.07, 6.45) is 0.760. The average Bonchev–Trinajstić information content (AvgIpc) is 3.18. The van der Waals surface area contributed by atoms with E-state index in [9.17, 15) is 9.90 Å². The number of rotatable bonds is 6. The molecule has 0 bridgehead atoms. The first-order chi connectivity index (χ1) is 13.0. The van der Waals surface area contributed by atoms with Gasteiger partial charge in [0.25, 0.3) is 0 Å². The number of hydrazone groups is 1. The Morgan fingerprint density at radius 3 is 2.26 bits per heavy atom. The third kappa shape index (κ3) is 3.97. The molecule has 0 radical (unpaired) electrons. The van der Waals surface area contributed by atoms with Crippen molar-refractivity contribution >= 4 is 11.6 Å². The largest absolute Gasteiger partial charge is 0.508 e. The molecule has 0 fully saturated rings. The maximum Gasteiger partial charge on any atom is 0.247 e. The van der Waals surface area contributed by atoms with Crippen LogP contribution in [0.15, 0.2) is 41.5 Å². The second-order valence-electron chi connectivity index (χ2n) is 6.05. The maximum atomic E-state index is 12.8. The van der Waals surface area contributed by atoms with Gasteiger partial charge in [-0.05, 0) is 29.8 Å². The van der Waals surface area contributed by atoms with Gasteiger partial charge in [0.1, 0.15) is 23.0 Å². The van der Waals surface area contributed by atoms with E-state index < -0.39 is 0 Å². The number of phenolic OH excluding ortho intramolecular Hbond substituents is 1. The summed E-state index contributed by atoms with van der Waals surface area (Å²) in [6.45, 7) is 0.510. The highest BCUT2D eigenvalue weighted by atomic mass is 16.5. The average molecular weight is 370 g/mol. The summed E-state index contributed by atoms with van der Waals surface area (Å²) in [5.74, 6) is 1.70. The van der Waals surface area contributed by atoms with E-state index >= 15 is 0 Å².